The third-order valence-electron chi connectivity index (χ3n) is 9.43. The first kappa shape index (κ1) is 24.8. The maximum absolute atomic E-state index is 2.55. The van der Waals surface area contributed by atoms with Crippen molar-refractivity contribution < 1.29 is 0 Å². The molecule has 2 aliphatic rings. The maximum Gasteiger partial charge on any atom is 0.109 e. The van der Waals surface area contributed by atoms with E-state index in [0.29, 0.717) is 5.92 Å². The van der Waals surface area contributed by atoms with Crippen LogP contribution in [0.4, 0.5) is 0 Å². The number of hydrogen-bond acceptors (Lipinski definition) is 0. The smallest absolute Gasteiger partial charge is 0.0654 e. The molecule has 0 bridgehead atoms. The summed E-state index contributed by atoms with van der Waals surface area (Å²) in [6, 6.07) is 32.2. The molecular weight excluding hydrogens is 439 g/mol. The largest absolute Gasteiger partial charge is 0.109 e. The van der Waals surface area contributed by atoms with E-state index in [2.05, 4.69) is 98.5 Å². The van der Waals surface area contributed by atoms with Crippen LogP contribution < -0.4 is 15.9 Å². The van der Waals surface area contributed by atoms with Gasteiger partial charge in [-0.25, -0.2) is 0 Å². The van der Waals surface area contributed by atoms with Crippen molar-refractivity contribution >= 4 is 23.2 Å². The summed E-state index contributed by atoms with van der Waals surface area (Å²) < 4.78 is 0. The summed E-state index contributed by atoms with van der Waals surface area (Å²) in [5.74, 6) is 3.72. The Morgan fingerprint density at radius 3 is 1.63 bits per heavy atom. The number of rotatable bonds is 7. The van der Waals surface area contributed by atoms with Gasteiger partial charge in [0, 0.05) is 0 Å². The van der Waals surface area contributed by atoms with E-state index < -0.39 is 7.26 Å². The lowest BCUT2D eigenvalue weighted by atomic mass is 9.68. The second-order valence-corrected chi connectivity index (χ2v) is 14.9. The summed E-state index contributed by atoms with van der Waals surface area (Å²) in [7, 11) is -1.69. The summed E-state index contributed by atoms with van der Waals surface area (Å²) in [6.07, 6.45) is 14.5. The monoisotopic (exact) mass is 483 g/mol. The van der Waals surface area contributed by atoms with Gasteiger partial charge in [-0.05, 0) is 98.1 Å². The minimum absolute atomic E-state index is 0.714. The first-order chi connectivity index (χ1) is 17.2. The SMILES string of the molecule is CCCC1CCC(C2CCC(c3ccccc3[P+](C)(c3ccccc3)c3ccccc3)CC2)CC1. The zero-order chi connectivity index (χ0) is 24.1. The standard InChI is InChI=1S/C34H44P/c1-3-12-27-19-21-28(22-20-27)29-23-25-30(26-24-29)33-17-10-11-18-34(33)35(2,31-13-6-4-7-14-31)32-15-8-5-9-16-32/h4-11,13-18,27-30H,3,12,19-26H2,1-2H3/q+1. The van der Waals surface area contributed by atoms with Crippen LogP contribution in [-0.4, -0.2) is 6.66 Å². The quantitative estimate of drug-likeness (QED) is 0.296. The summed E-state index contributed by atoms with van der Waals surface area (Å²) in [5, 5.41) is 4.60. The van der Waals surface area contributed by atoms with Crippen LogP contribution >= 0.6 is 7.26 Å². The second kappa shape index (κ2) is 11.4. The molecule has 5 rings (SSSR count). The lowest BCUT2D eigenvalue weighted by molar-refractivity contribution is 0.156. The van der Waals surface area contributed by atoms with Crippen molar-refractivity contribution in [2.75, 3.05) is 6.66 Å². The van der Waals surface area contributed by atoms with Gasteiger partial charge in [0.05, 0.1) is 6.66 Å². The van der Waals surface area contributed by atoms with Crippen LogP contribution in [0.3, 0.4) is 0 Å². The van der Waals surface area contributed by atoms with Gasteiger partial charge in [-0.3, -0.25) is 0 Å². The molecule has 0 spiro atoms. The summed E-state index contributed by atoms with van der Waals surface area (Å²) in [4.78, 5) is 0. The van der Waals surface area contributed by atoms with E-state index in [4.69, 9.17) is 0 Å². The summed E-state index contributed by atoms with van der Waals surface area (Å²) in [6.45, 7) is 4.91. The van der Waals surface area contributed by atoms with Gasteiger partial charge in [-0.2, -0.15) is 0 Å². The molecule has 0 heterocycles. The molecule has 0 unspecified atom stereocenters. The van der Waals surface area contributed by atoms with Gasteiger partial charge in [-0.1, -0.05) is 87.2 Å². The van der Waals surface area contributed by atoms with Gasteiger partial charge < -0.3 is 0 Å². The van der Waals surface area contributed by atoms with E-state index >= 15 is 0 Å². The van der Waals surface area contributed by atoms with Crippen molar-refractivity contribution in [1.29, 1.82) is 0 Å². The highest BCUT2D eigenvalue weighted by Crippen LogP contribution is 2.54. The zero-order valence-electron chi connectivity index (χ0n) is 21.9. The highest BCUT2D eigenvalue weighted by atomic mass is 31.2. The molecule has 35 heavy (non-hydrogen) atoms. The minimum Gasteiger partial charge on any atom is -0.0654 e. The van der Waals surface area contributed by atoms with E-state index in [1.807, 2.05) is 0 Å². The van der Waals surface area contributed by atoms with Gasteiger partial charge >= 0.3 is 0 Å². The van der Waals surface area contributed by atoms with Crippen molar-refractivity contribution in [1.82, 2.24) is 0 Å². The maximum atomic E-state index is 2.55. The Balaban J connectivity index is 1.38. The van der Waals surface area contributed by atoms with Gasteiger partial charge in [-0.15, -0.1) is 0 Å². The highest BCUT2D eigenvalue weighted by Gasteiger charge is 2.43. The van der Waals surface area contributed by atoms with E-state index in [1.165, 1.54) is 74.8 Å². The molecular formula is C34H44P+. The third-order valence-corrected chi connectivity index (χ3v) is 13.5. The fourth-order valence-electron chi connectivity index (χ4n) is 7.38. The molecule has 0 atom stereocenters. The van der Waals surface area contributed by atoms with E-state index in [-0.39, 0.29) is 0 Å². The Kier molecular flexibility index (Phi) is 8.09. The lowest BCUT2D eigenvalue weighted by Crippen LogP contribution is -2.34. The molecule has 2 fully saturated rings. The van der Waals surface area contributed by atoms with Crippen LogP contribution in [0.25, 0.3) is 0 Å². The van der Waals surface area contributed by atoms with Crippen LogP contribution in [0.5, 0.6) is 0 Å². The molecule has 0 aliphatic heterocycles. The predicted octanol–water partition coefficient (Wildman–Crippen LogP) is 8.49. The fraction of sp³-hybridized carbons (Fsp3) is 0.471. The van der Waals surface area contributed by atoms with Crippen LogP contribution in [0, 0.1) is 17.8 Å². The van der Waals surface area contributed by atoms with Gasteiger partial charge in [0.15, 0.2) is 0 Å². The second-order valence-electron chi connectivity index (χ2n) is 11.4. The molecule has 0 N–H and O–H groups in total. The van der Waals surface area contributed by atoms with Crippen LogP contribution in [0.15, 0.2) is 84.9 Å². The van der Waals surface area contributed by atoms with Crippen molar-refractivity contribution in [2.24, 2.45) is 17.8 Å². The van der Waals surface area contributed by atoms with Crippen molar-refractivity contribution in [3.8, 4) is 0 Å². The van der Waals surface area contributed by atoms with Crippen molar-refractivity contribution in [2.45, 2.75) is 77.0 Å². The first-order valence-corrected chi connectivity index (χ1v) is 16.5. The van der Waals surface area contributed by atoms with E-state index in [1.54, 1.807) is 10.9 Å². The lowest BCUT2D eigenvalue weighted by Gasteiger charge is -2.38. The normalized spacial score (nSPS) is 25.3. The van der Waals surface area contributed by atoms with Gasteiger partial charge in [0.25, 0.3) is 0 Å². The summed E-state index contributed by atoms with van der Waals surface area (Å²) >= 11 is 0. The molecule has 0 saturated heterocycles. The molecule has 3 aromatic carbocycles. The molecule has 0 radical (unpaired) electrons. The Labute approximate surface area is 214 Å². The van der Waals surface area contributed by atoms with Crippen LogP contribution in [0.1, 0.15) is 82.6 Å². The van der Waals surface area contributed by atoms with Crippen molar-refractivity contribution in [3.63, 3.8) is 0 Å². The molecule has 0 nitrogen and oxygen atoms in total. The first-order valence-electron chi connectivity index (χ1n) is 14.3. The molecule has 184 valence electrons. The minimum atomic E-state index is -1.69. The molecule has 2 aliphatic carbocycles. The number of hydrogen-bond donors (Lipinski definition) is 0. The molecule has 1 heteroatoms. The average Bonchev–Trinajstić information content (AvgIpc) is 2.94. The molecule has 2 saturated carbocycles. The fourth-order valence-corrected chi connectivity index (χ4v) is 10.9. The van der Waals surface area contributed by atoms with Crippen LogP contribution in [0.2, 0.25) is 0 Å². The summed E-state index contributed by atoms with van der Waals surface area (Å²) in [5.41, 5.74) is 1.64. The average molecular weight is 484 g/mol. The van der Waals surface area contributed by atoms with Crippen LogP contribution in [-0.2, 0) is 0 Å². The topological polar surface area (TPSA) is 0 Å². The van der Waals surface area contributed by atoms with E-state index in [0.717, 1.165) is 17.8 Å². The van der Waals surface area contributed by atoms with E-state index in [9.17, 15) is 0 Å². The molecule has 0 aromatic heterocycles. The molecule has 0 amide bonds. The molecule has 3 aromatic rings. The Morgan fingerprint density at radius 1 is 0.600 bits per heavy atom. The highest BCUT2D eigenvalue weighted by molar-refractivity contribution is 7.95. The zero-order valence-corrected chi connectivity index (χ0v) is 22.8. The Bertz CT molecular complexity index is 1000. The third kappa shape index (κ3) is 5.29. The Morgan fingerprint density at radius 2 is 1.09 bits per heavy atom. The Hall–Kier alpha value is -1.91. The van der Waals surface area contributed by atoms with Gasteiger partial charge in [0.2, 0.25) is 0 Å². The number of benzene rings is 3. The predicted molar refractivity (Wildman–Crippen MR) is 156 cm³/mol. The van der Waals surface area contributed by atoms with Crippen molar-refractivity contribution in [3.05, 3.63) is 90.5 Å². The van der Waals surface area contributed by atoms with Gasteiger partial charge in [0.1, 0.15) is 23.2 Å².